The summed E-state index contributed by atoms with van der Waals surface area (Å²) >= 11 is 0. The monoisotopic (exact) mass is 348 g/mol. The summed E-state index contributed by atoms with van der Waals surface area (Å²) < 4.78 is 16.0. The lowest BCUT2D eigenvalue weighted by atomic mass is 10.1. The molecule has 0 radical (unpaired) electrons. The highest BCUT2D eigenvalue weighted by Gasteiger charge is 2.16. The lowest BCUT2D eigenvalue weighted by Crippen LogP contribution is -2.02. The number of esters is 1. The number of hydrogen-bond donors (Lipinski definition) is 0. The van der Waals surface area contributed by atoms with Crippen LogP contribution in [0.2, 0.25) is 0 Å². The number of hydrogen-bond acceptors (Lipinski definition) is 6. The first-order valence-corrected chi connectivity index (χ1v) is 7.87. The number of methoxy groups -OCH3 is 1. The van der Waals surface area contributed by atoms with Gasteiger partial charge in [0.05, 0.1) is 18.9 Å². The maximum atomic E-state index is 11.9. The highest BCUT2D eigenvalue weighted by Crippen LogP contribution is 2.29. The molecule has 0 atom stereocenters. The van der Waals surface area contributed by atoms with Crippen molar-refractivity contribution < 1.29 is 18.4 Å². The van der Waals surface area contributed by atoms with E-state index in [0.717, 1.165) is 5.56 Å². The predicted molar refractivity (Wildman–Crippen MR) is 95.6 cm³/mol. The number of aryl methyl sites for hydroxylation is 1. The molecular weight excluding hydrogens is 332 g/mol. The topological polar surface area (TPSA) is 88.7 Å². The molecule has 0 aliphatic rings. The molecule has 26 heavy (non-hydrogen) atoms. The van der Waals surface area contributed by atoms with Crippen LogP contribution in [-0.4, -0.2) is 19.3 Å². The van der Waals surface area contributed by atoms with Crippen LogP contribution < -0.4 is 0 Å². The van der Waals surface area contributed by atoms with E-state index in [2.05, 4.69) is 11.1 Å². The zero-order chi connectivity index (χ0) is 18.7. The van der Waals surface area contributed by atoms with Crippen LogP contribution in [0.25, 0.3) is 11.3 Å². The fourth-order valence-electron chi connectivity index (χ4n) is 2.51. The number of nitriles is 1. The molecule has 3 rings (SSSR count). The maximum absolute atomic E-state index is 11.9. The van der Waals surface area contributed by atoms with Gasteiger partial charge in [-0.25, -0.2) is 9.79 Å². The predicted octanol–water partition coefficient (Wildman–Crippen LogP) is 4.57. The SMILES string of the molecule is COC(=O)c1ccccc1-c1ccc(C=Nc2oc(C)c(C)c2C#N)o1. The van der Waals surface area contributed by atoms with E-state index in [-0.39, 0.29) is 5.88 Å². The smallest absolute Gasteiger partial charge is 0.338 e. The van der Waals surface area contributed by atoms with Gasteiger partial charge >= 0.3 is 5.97 Å². The minimum absolute atomic E-state index is 0.246. The van der Waals surface area contributed by atoms with Crippen LogP contribution in [0, 0.1) is 25.2 Å². The molecule has 1 aromatic carbocycles. The Kier molecular flexibility index (Phi) is 4.72. The van der Waals surface area contributed by atoms with Crippen molar-refractivity contribution >= 4 is 18.1 Å². The summed E-state index contributed by atoms with van der Waals surface area (Å²) in [5.74, 6) is 1.44. The summed E-state index contributed by atoms with van der Waals surface area (Å²) in [5, 5.41) is 9.22. The van der Waals surface area contributed by atoms with Crippen molar-refractivity contribution in [2.75, 3.05) is 7.11 Å². The summed E-state index contributed by atoms with van der Waals surface area (Å²) in [4.78, 5) is 16.1. The third kappa shape index (κ3) is 3.15. The van der Waals surface area contributed by atoms with Gasteiger partial charge in [0.15, 0.2) is 0 Å². The van der Waals surface area contributed by atoms with Crippen molar-refractivity contribution in [3.8, 4) is 17.4 Å². The molecule has 0 unspecified atom stereocenters. The van der Waals surface area contributed by atoms with Gasteiger partial charge in [-0.1, -0.05) is 18.2 Å². The summed E-state index contributed by atoms with van der Waals surface area (Å²) in [6, 6.07) is 12.6. The van der Waals surface area contributed by atoms with Crippen molar-refractivity contribution in [1.29, 1.82) is 5.26 Å². The van der Waals surface area contributed by atoms with Crippen molar-refractivity contribution in [3.05, 3.63) is 64.6 Å². The van der Waals surface area contributed by atoms with E-state index in [9.17, 15) is 10.1 Å². The van der Waals surface area contributed by atoms with Crippen molar-refractivity contribution in [2.45, 2.75) is 13.8 Å². The minimum atomic E-state index is -0.438. The quantitative estimate of drug-likeness (QED) is 0.509. The van der Waals surface area contributed by atoms with Crippen LogP contribution in [0.5, 0.6) is 0 Å². The molecule has 0 aliphatic heterocycles. The van der Waals surface area contributed by atoms with Crippen LogP contribution in [0.4, 0.5) is 5.88 Å². The van der Waals surface area contributed by atoms with E-state index in [1.54, 1.807) is 37.3 Å². The van der Waals surface area contributed by atoms with E-state index in [0.29, 0.717) is 34.0 Å². The Balaban J connectivity index is 1.92. The Labute approximate surface area is 150 Å². The molecule has 0 fully saturated rings. The lowest BCUT2D eigenvalue weighted by molar-refractivity contribution is 0.0601. The Morgan fingerprint density at radius 3 is 2.69 bits per heavy atom. The number of benzene rings is 1. The highest BCUT2D eigenvalue weighted by atomic mass is 16.5. The average molecular weight is 348 g/mol. The summed E-state index contributed by atoms with van der Waals surface area (Å²) in [5.41, 5.74) is 2.21. The van der Waals surface area contributed by atoms with E-state index in [4.69, 9.17) is 13.6 Å². The van der Waals surface area contributed by atoms with Gasteiger partial charge in [-0.15, -0.1) is 0 Å². The normalized spacial score (nSPS) is 10.8. The van der Waals surface area contributed by atoms with Crippen LogP contribution in [0.15, 0.2) is 50.2 Å². The molecule has 0 N–H and O–H groups in total. The third-order valence-electron chi connectivity index (χ3n) is 4.01. The van der Waals surface area contributed by atoms with Crippen LogP contribution in [-0.2, 0) is 4.74 Å². The molecule has 0 bridgehead atoms. The number of rotatable bonds is 4. The molecule has 130 valence electrons. The van der Waals surface area contributed by atoms with E-state index in [1.807, 2.05) is 13.0 Å². The highest BCUT2D eigenvalue weighted by molar-refractivity contribution is 5.96. The van der Waals surface area contributed by atoms with Gasteiger partial charge in [-0.2, -0.15) is 5.26 Å². The van der Waals surface area contributed by atoms with Crippen LogP contribution >= 0.6 is 0 Å². The van der Waals surface area contributed by atoms with Crippen molar-refractivity contribution in [3.63, 3.8) is 0 Å². The fourth-order valence-corrected chi connectivity index (χ4v) is 2.51. The van der Waals surface area contributed by atoms with Gasteiger partial charge < -0.3 is 13.6 Å². The largest absolute Gasteiger partial charge is 0.465 e. The van der Waals surface area contributed by atoms with Gasteiger partial charge in [0.25, 0.3) is 0 Å². The first-order chi connectivity index (χ1) is 12.5. The van der Waals surface area contributed by atoms with Crippen molar-refractivity contribution in [2.24, 2.45) is 4.99 Å². The first kappa shape index (κ1) is 17.2. The van der Waals surface area contributed by atoms with Gasteiger partial charge in [0.2, 0.25) is 5.88 Å². The Morgan fingerprint density at radius 2 is 1.96 bits per heavy atom. The van der Waals surface area contributed by atoms with E-state index in [1.165, 1.54) is 13.3 Å². The summed E-state index contributed by atoms with van der Waals surface area (Å²) in [6.45, 7) is 3.59. The third-order valence-corrected chi connectivity index (χ3v) is 4.01. The fraction of sp³-hybridized carbons (Fsp3) is 0.150. The standard InChI is InChI=1S/C20H16N2O4/c1-12-13(2)25-19(17(12)10-21)22-11-14-8-9-18(26-14)15-6-4-5-7-16(15)20(23)24-3/h4-9,11H,1-3H3. The molecule has 2 aromatic heterocycles. The molecule has 0 spiro atoms. The molecular formula is C20H16N2O4. The number of carbonyl (C=O) groups excluding carboxylic acids is 1. The Bertz CT molecular complexity index is 1030. The van der Waals surface area contributed by atoms with Gasteiger partial charge in [0, 0.05) is 11.1 Å². The average Bonchev–Trinajstić information content (AvgIpc) is 3.24. The van der Waals surface area contributed by atoms with Crippen LogP contribution in [0.1, 0.15) is 33.0 Å². The lowest BCUT2D eigenvalue weighted by Gasteiger charge is -2.04. The Hall–Kier alpha value is -3.59. The van der Waals surface area contributed by atoms with Crippen LogP contribution in [0.3, 0.4) is 0 Å². The molecule has 6 heteroatoms. The molecule has 3 aromatic rings. The molecule has 0 aliphatic carbocycles. The molecule has 0 saturated heterocycles. The van der Waals surface area contributed by atoms with Crippen molar-refractivity contribution in [1.82, 2.24) is 0 Å². The minimum Gasteiger partial charge on any atom is -0.465 e. The van der Waals surface area contributed by atoms with Gasteiger partial charge in [-0.05, 0) is 32.0 Å². The molecule has 2 heterocycles. The number of nitrogens with zero attached hydrogens (tertiary/aromatic N) is 2. The zero-order valence-electron chi connectivity index (χ0n) is 14.6. The number of carbonyl (C=O) groups is 1. The number of aliphatic imine (C=N–C) groups is 1. The zero-order valence-corrected chi connectivity index (χ0v) is 14.6. The van der Waals surface area contributed by atoms with Gasteiger partial charge in [-0.3, -0.25) is 0 Å². The van der Waals surface area contributed by atoms with E-state index >= 15 is 0 Å². The van der Waals surface area contributed by atoms with Gasteiger partial charge in [0.1, 0.15) is 28.9 Å². The number of furan rings is 2. The molecule has 0 saturated carbocycles. The second-order valence-electron chi connectivity index (χ2n) is 5.57. The Morgan fingerprint density at radius 1 is 1.19 bits per heavy atom. The molecule has 0 amide bonds. The summed E-state index contributed by atoms with van der Waals surface area (Å²) in [7, 11) is 1.33. The molecule has 6 nitrogen and oxygen atoms in total. The summed E-state index contributed by atoms with van der Waals surface area (Å²) in [6.07, 6.45) is 1.48. The second kappa shape index (κ2) is 7.11. The van der Waals surface area contributed by atoms with E-state index < -0.39 is 5.97 Å². The number of ether oxygens (including phenoxy) is 1. The first-order valence-electron chi connectivity index (χ1n) is 7.87. The second-order valence-corrected chi connectivity index (χ2v) is 5.57. The maximum Gasteiger partial charge on any atom is 0.338 e.